The van der Waals surface area contributed by atoms with Crippen LogP contribution in [0, 0.1) is 0 Å². The molecule has 0 radical (unpaired) electrons. The number of aromatic nitrogens is 1. The number of anilines is 5. The highest BCUT2D eigenvalue weighted by molar-refractivity contribution is 6.94. The van der Waals surface area contributed by atoms with Crippen LogP contribution in [0.15, 0.2) is 133 Å². The summed E-state index contributed by atoms with van der Waals surface area (Å²) in [5.41, 5.74) is 19.4. The Morgan fingerprint density at radius 2 is 1.06 bits per heavy atom. The molecule has 3 aliphatic heterocycles. The van der Waals surface area contributed by atoms with Gasteiger partial charge in [0.15, 0.2) is 5.75 Å². The Hall–Kier alpha value is -6.20. The lowest BCUT2D eigenvalue weighted by Gasteiger charge is -2.48. The van der Waals surface area contributed by atoms with Crippen molar-refractivity contribution < 1.29 is 4.74 Å². The second kappa shape index (κ2) is 13.2. The lowest BCUT2D eigenvalue weighted by Crippen LogP contribution is -2.62. The van der Waals surface area contributed by atoms with Crippen molar-refractivity contribution in [2.45, 2.75) is 105 Å². The Labute approximate surface area is 374 Å². The molecule has 0 fully saturated rings. The van der Waals surface area contributed by atoms with Gasteiger partial charge in [-0.15, -0.1) is 0 Å². The lowest BCUT2D eigenvalue weighted by molar-refractivity contribution is 0.470. The normalized spacial score (nSPS) is 14.4. The summed E-state index contributed by atoms with van der Waals surface area (Å²) in [4.78, 5) is 5.23. The van der Waals surface area contributed by atoms with E-state index in [1.165, 1.54) is 77.5 Å². The van der Waals surface area contributed by atoms with E-state index in [9.17, 15) is 0 Å². The second-order valence-corrected chi connectivity index (χ2v) is 22.4. The number of para-hydroxylation sites is 2. The highest BCUT2D eigenvalue weighted by Crippen LogP contribution is 2.58. The molecule has 4 heterocycles. The van der Waals surface area contributed by atoms with Gasteiger partial charge >= 0.3 is 6.85 Å². The van der Waals surface area contributed by atoms with Crippen molar-refractivity contribution in [2.24, 2.45) is 0 Å². The molecule has 314 valence electrons. The summed E-state index contributed by atoms with van der Waals surface area (Å²) in [5, 5.41) is 2.48. The van der Waals surface area contributed by atoms with Crippen LogP contribution < -0.4 is 25.4 Å². The molecule has 1 aromatic heterocycles. The van der Waals surface area contributed by atoms with E-state index in [0.717, 1.165) is 34.2 Å². The van der Waals surface area contributed by atoms with Crippen molar-refractivity contribution in [2.75, 3.05) is 9.71 Å². The minimum absolute atomic E-state index is 0.0307. The van der Waals surface area contributed by atoms with E-state index in [1.807, 2.05) is 0 Å². The van der Waals surface area contributed by atoms with Crippen LogP contribution in [-0.2, 0) is 21.7 Å². The van der Waals surface area contributed by atoms with Crippen molar-refractivity contribution in [1.82, 2.24) is 4.57 Å². The molecule has 7 aromatic carbocycles. The Bertz CT molecular complexity index is 3180. The molecule has 0 saturated heterocycles. The Balaban J connectivity index is 1.35. The number of hydrogen-bond donors (Lipinski definition) is 0. The molecular formula is C58H58BN3O. The maximum atomic E-state index is 7.26. The molecule has 5 heteroatoms. The van der Waals surface area contributed by atoms with Crippen LogP contribution in [0.4, 0.5) is 28.4 Å². The summed E-state index contributed by atoms with van der Waals surface area (Å²) in [6.45, 7) is 27.6. The predicted molar refractivity (Wildman–Crippen MR) is 269 cm³/mol. The first-order valence-electron chi connectivity index (χ1n) is 22.8. The third kappa shape index (κ3) is 5.95. The third-order valence-corrected chi connectivity index (χ3v) is 13.9. The minimum Gasteiger partial charge on any atom is -0.453 e. The van der Waals surface area contributed by atoms with E-state index >= 15 is 0 Å². The topological polar surface area (TPSA) is 20.6 Å². The van der Waals surface area contributed by atoms with Crippen LogP contribution >= 0.6 is 0 Å². The molecule has 4 nitrogen and oxygen atoms in total. The second-order valence-electron chi connectivity index (χ2n) is 22.4. The molecule has 3 aliphatic rings. The van der Waals surface area contributed by atoms with E-state index in [4.69, 9.17) is 4.74 Å². The van der Waals surface area contributed by atoms with Gasteiger partial charge in [0.1, 0.15) is 5.75 Å². The van der Waals surface area contributed by atoms with Crippen LogP contribution in [0.5, 0.6) is 11.5 Å². The minimum atomic E-state index is -0.148. The molecule has 0 atom stereocenters. The van der Waals surface area contributed by atoms with E-state index in [2.05, 4.69) is 231 Å². The zero-order chi connectivity index (χ0) is 44.1. The van der Waals surface area contributed by atoms with Crippen molar-refractivity contribution >= 4 is 68.0 Å². The number of ether oxygens (including phenoxy) is 1. The van der Waals surface area contributed by atoms with Crippen molar-refractivity contribution in [3.63, 3.8) is 0 Å². The molecule has 0 bridgehead atoms. The number of nitrogens with zero attached hydrogens (tertiary/aromatic N) is 3. The summed E-state index contributed by atoms with van der Waals surface area (Å²) in [6, 6.07) is 50.9. The van der Waals surface area contributed by atoms with Crippen molar-refractivity contribution in [3.8, 4) is 28.3 Å². The van der Waals surface area contributed by atoms with Gasteiger partial charge in [0.05, 0.1) is 22.4 Å². The Morgan fingerprint density at radius 3 is 1.75 bits per heavy atom. The largest absolute Gasteiger partial charge is 0.453 e. The van der Waals surface area contributed by atoms with Gasteiger partial charge in [-0.05, 0) is 122 Å². The van der Waals surface area contributed by atoms with Crippen LogP contribution in [0.25, 0.3) is 38.6 Å². The maximum Gasteiger partial charge on any atom is 0.333 e. The number of rotatable bonds is 2. The lowest BCUT2D eigenvalue weighted by atomic mass is 9.43. The standard InChI is InChI=1S/C58H58BN3O/c1-55(2,3)35-22-26-40(27-23-35)60-47-31-36(56(4,5)6)24-28-44(47)59-52-48(60)34-42-41-20-16-17-21-45(41)61(39-18-14-13-15-19-39)54(42)51(52)43-30-38(58(10,11)12)33-50-53(43)62(59)46-29-25-37(57(7,8)9)32-49(46)63-50/h13-34H,1-12H3. The van der Waals surface area contributed by atoms with Crippen LogP contribution in [0.2, 0.25) is 0 Å². The molecule has 0 N–H and O–H groups in total. The van der Waals surface area contributed by atoms with Gasteiger partial charge in [0.2, 0.25) is 0 Å². The van der Waals surface area contributed by atoms with Gasteiger partial charge in [-0.1, -0.05) is 150 Å². The van der Waals surface area contributed by atoms with Gasteiger partial charge in [0, 0.05) is 44.6 Å². The van der Waals surface area contributed by atoms with Crippen LogP contribution in [-0.4, -0.2) is 11.4 Å². The smallest absolute Gasteiger partial charge is 0.333 e. The average molecular weight is 824 g/mol. The highest BCUT2D eigenvalue weighted by Gasteiger charge is 2.50. The zero-order valence-corrected chi connectivity index (χ0v) is 39.0. The molecule has 0 saturated carbocycles. The first-order valence-corrected chi connectivity index (χ1v) is 22.8. The molecule has 8 aromatic rings. The Morgan fingerprint density at radius 1 is 0.460 bits per heavy atom. The van der Waals surface area contributed by atoms with Crippen molar-refractivity contribution in [3.05, 3.63) is 156 Å². The Kier molecular flexibility index (Phi) is 8.29. The molecule has 0 spiro atoms. The maximum absolute atomic E-state index is 7.26. The molecule has 0 unspecified atom stereocenters. The third-order valence-electron chi connectivity index (χ3n) is 13.9. The fourth-order valence-corrected chi connectivity index (χ4v) is 10.4. The average Bonchev–Trinajstić information content (AvgIpc) is 3.56. The molecule has 0 aliphatic carbocycles. The van der Waals surface area contributed by atoms with E-state index in [0.29, 0.717) is 0 Å². The van der Waals surface area contributed by atoms with Gasteiger partial charge in [0.25, 0.3) is 0 Å². The first-order chi connectivity index (χ1) is 29.8. The SMILES string of the molecule is CC(C)(C)c1ccc(N2c3cc(C(C)(C)C)ccc3B3c4c2cc2c5ccccc5n(-c5ccccc5)c2c4-c2cc(C(C)(C)C)cc4c2N3c2ccc(C(C)(C)C)cc2O4)cc1. The number of hydrogen-bond acceptors (Lipinski definition) is 3. The van der Waals surface area contributed by atoms with E-state index < -0.39 is 0 Å². The number of benzene rings is 7. The fraction of sp³-hybridized carbons (Fsp3) is 0.276. The van der Waals surface area contributed by atoms with Gasteiger partial charge in [-0.3, -0.25) is 0 Å². The molecular weight excluding hydrogens is 765 g/mol. The monoisotopic (exact) mass is 823 g/mol. The van der Waals surface area contributed by atoms with Gasteiger partial charge in [-0.2, -0.15) is 0 Å². The molecule has 11 rings (SSSR count). The van der Waals surface area contributed by atoms with E-state index in [1.54, 1.807) is 0 Å². The summed E-state index contributed by atoms with van der Waals surface area (Å²) < 4.78 is 9.78. The highest BCUT2D eigenvalue weighted by atomic mass is 16.5. The number of fused-ring (bicyclic) bond motifs is 10. The first kappa shape index (κ1) is 39.6. The zero-order valence-electron chi connectivity index (χ0n) is 39.0. The van der Waals surface area contributed by atoms with E-state index in [-0.39, 0.29) is 28.5 Å². The summed E-state index contributed by atoms with van der Waals surface area (Å²) in [6.07, 6.45) is 0. The van der Waals surface area contributed by atoms with Gasteiger partial charge < -0.3 is 19.0 Å². The van der Waals surface area contributed by atoms with Crippen molar-refractivity contribution in [1.29, 1.82) is 0 Å². The quantitative estimate of drug-likeness (QED) is 0.162. The fourth-order valence-electron chi connectivity index (χ4n) is 10.4. The van der Waals surface area contributed by atoms with Gasteiger partial charge in [-0.25, -0.2) is 0 Å². The van der Waals surface area contributed by atoms with Crippen LogP contribution in [0.3, 0.4) is 0 Å². The molecule has 0 amide bonds. The predicted octanol–water partition coefficient (Wildman–Crippen LogP) is 14.8. The summed E-state index contributed by atoms with van der Waals surface area (Å²) in [5.74, 6) is 1.82. The van der Waals surface area contributed by atoms with Crippen LogP contribution in [0.1, 0.15) is 105 Å². The summed E-state index contributed by atoms with van der Waals surface area (Å²) in [7, 11) is 0. The summed E-state index contributed by atoms with van der Waals surface area (Å²) >= 11 is 0. The molecule has 63 heavy (non-hydrogen) atoms.